The molecule has 1 aromatic rings. The molecule has 0 N–H and O–H groups in total. The molecule has 0 unspecified atom stereocenters. The van der Waals surface area contributed by atoms with Crippen molar-refractivity contribution in [1.29, 1.82) is 5.26 Å². The molecule has 1 saturated heterocycles. The minimum Gasteiger partial charge on any atom is -0.451 e. The Hall–Kier alpha value is -2.59. The number of aromatic nitrogens is 1. The smallest absolute Gasteiger partial charge is 0.349 e. The first-order valence-electron chi connectivity index (χ1n) is 10.5. The van der Waals surface area contributed by atoms with Crippen molar-refractivity contribution in [2.75, 3.05) is 19.7 Å². The number of nitrogens with zero attached hydrogens (tertiary/aromatic N) is 3. The van der Waals surface area contributed by atoms with Gasteiger partial charge in [0.05, 0.1) is 12.2 Å². The number of amides is 1. The lowest BCUT2D eigenvalue weighted by molar-refractivity contribution is -0.154. The molecular weight excluding hydrogens is 382 g/mol. The standard InChI is InChI=1S/C23H33N3O4/c1-15(2)7-8-26-16(3)9-20(19(26)6)10-21(11-24)23(28)29-14-22(27)25-12-17(4)30-18(5)13-25/h9-10,15,17-18H,7-8,12-14H2,1-6H3/b21-10+/t17-,18+. The van der Waals surface area contributed by atoms with Crippen molar-refractivity contribution in [3.8, 4) is 6.07 Å². The number of rotatable bonds is 7. The summed E-state index contributed by atoms with van der Waals surface area (Å²) in [5.41, 5.74) is 2.78. The fraction of sp³-hybridized carbons (Fsp3) is 0.609. The van der Waals surface area contributed by atoms with Gasteiger partial charge in [-0.3, -0.25) is 4.79 Å². The average Bonchev–Trinajstić information content (AvgIpc) is 2.94. The van der Waals surface area contributed by atoms with Gasteiger partial charge in [0.25, 0.3) is 5.91 Å². The van der Waals surface area contributed by atoms with Crippen LogP contribution in [0.15, 0.2) is 11.6 Å². The van der Waals surface area contributed by atoms with Crippen LogP contribution in [0.4, 0.5) is 0 Å². The van der Waals surface area contributed by atoms with Crippen LogP contribution in [0.1, 0.15) is 51.1 Å². The second kappa shape index (κ2) is 10.4. The molecule has 1 fully saturated rings. The van der Waals surface area contributed by atoms with Crippen molar-refractivity contribution in [3.05, 3.63) is 28.6 Å². The Balaban J connectivity index is 2.04. The number of esters is 1. The number of morpholine rings is 1. The molecule has 0 bridgehead atoms. The predicted octanol–water partition coefficient (Wildman–Crippen LogP) is 3.24. The van der Waals surface area contributed by atoms with Crippen LogP contribution in [0.3, 0.4) is 0 Å². The van der Waals surface area contributed by atoms with E-state index in [0.29, 0.717) is 19.0 Å². The van der Waals surface area contributed by atoms with Gasteiger partial charge in [-0.1, -0.05) is 13.8 Å². The van der Waals surface area contributed by atoms with Crippen LogP contribution in [-0.2, 0) is 25.6 Å². The van der Waals surface area contributed by atoms with Gasteiger partial charge in [0.2, 0.25) is 0 Å². The van der Waals surface area contributed by atoms with Crippen molar-refractivity contribution >= 4 is 18.0 Å². The highest BCUT2D eigenvalue weighted by Crippen LogP contribution is 2.20. The zero-order valence-corrected chi connectivity index (χ0v) is 18.9. The van der Waals surface area contributed by atoms with Crippen molar-refractivity contribution in [2.45, 2.75) is 66.7 Å². The van der Waals surface area contributed by atoms with E-state index in [1.807, 2.05) is 39.8 Å². The van der Waals surface area contributed by atoms with E-state index < -0.39 is 5.97 Å². The number of hydrogen-bond donors (Lipinski definition) is 0. The van der Waals surface area contributed by atoms with Crippen molar-refractivity contribution in [3.63, 3.8) is 0 Å². The normalized spacial score (nSPS) is 19.7. The summed E-state index contributed by atoms with van der Waals surface area (Å²) in [6.07, 6.45) is 2.47. The van der Waals surface area contributed by atoms with E-state index >= 15 is 0 Å². The summed E-state index contributed by atoms with van der Waals surface area (Å²) in [4.78, 5) is 26.4. The quantitative estimate of drug-likeness (QED) is 0.388. The van der Waals surface area contributed by atoms with Gasteiger partial charge >= 0.3 is 5.97 Å². The average molecular weight is 416 g/mol. The van der Waals surface area contributed by atoms with E-state index in [4.69, 9.17) is 9.47 Å². The number of aryl methyl sites for hydroxylation is 1. The highest BCUT2D eigenvalue weighted by atomic mass is 16.5. The fourth-order valence-electron chi connectivity index (χ4n) is 3.68. The Kier molecular flexibility index (Phi) is 8.24. The first-order valence-corrected chi connectivity index (χ1v) is 10.5. The van der Waals surface area contributed by atoms with Gasteiger partial charge < -0.3 is 18.9 Å². The molecule has 1 amide bonds. The Morgan fingerprint density at radius 2 is 1.93 bits per heavy atom. The summed E-state index contributed by atoms with van der Waals surface area (Å²) in [5.74, 6) is -0.480. The monoisotopic (exact) mass is 415 g/mol. The summed E-state index contributed by atoms with van der Waals surface area (Å²) in [6, 6.07) is 3.87. The van der Waals surface area contributed by atoms with Gasteiger partial charge in [0.1, 0.15) is 11.6 Å². The van der Waals surface area contributed by atoms with Crippen LogP contribution >= 0.6 is 0 Å². The molecule has 164 valence electrons. The first-order chi connectivity index (χ1) is 14.1. The Labute approximate surface area is 179 Å². The van der Waals surface area contributed by atoms with Crippen LogP contribution in [0, 0.1) is 31.1 Å². The van der Waals surface area contributed by atoms with Crippen LogP contribution in [0.25, 0.3) is 6.08 Å². The van der Waals surface area contributed by atoms with Gasteiger partial charge in [-0.05, 0) is 57.7 Å². The van der Waals surface area contributed by atoms with Crippen molar-refractivity contribution < 1.29 is 19.1 Å². The Morgan fingerprint density at radius 3 is 2.50 bits per heavy atom. The molecule has 1 aliphatic heterocycles. The number of ether oxygens (including phenoxy) is 2. The first kappa shape index (κ1) is 23.7. The fourth-order valence-corrected chi connectivity index (χ4v) is 3.68. The molecule has 30 heavy (non-hydrogen) atoms. The molecule has 1 aromatic heterocycles. The van der Waals surface area contributed by atoms with Gasteiger partial charge in [-0.15, -0.1) is 0 Å². The second-order valence-electron chi connectivity index (χ2n) is 8.46. The summed E-state index contributed by atoms with van der Waals surface area (Å²) in [6.45, 7) is 13.6. The van der Waals surface area contributed by atoms with E-state index in [0.717, 1.165) is 29.9 Å². The van der Waals surface area contributed by atoms with Crippen LogP contribution < -0.4 is 0 Å². The van der Waals surface area contributed by atoms with Gasteiger partial charge in [0, 0.05) is 31.0 Å². The largest absolute Gasteiger partial charge is 0.451 e. The lowest BCUT2D eigenvalue weighted by Crippen LogP contribution is -2.49. The topological polar surface area (TPSA) is 84.6 Å². The molecule has 0 spiro atoms. The molecule has 2 rings (SSSR count). The zero-order valence-electron chi connectivity index (χ0n) is 18.9. The molecule has 0 radical (unpaired) electrons. The minimum absolute atomic E-state index is 0.0612. The number of nitriles is 1. The lowest BCUT2D eigenvalue weighted by atomic mass is 10.1. The molecular formula is C23H33N3O4. The van der Waals surface area contributed by atoms with Crippen LogP contribution in [-0.4, -0.2) is 53.2 Å². The van der Waals surface area contributed by atoms with Crippen molar-refractivity contribution in [2.24, 2.45) is 5.92 Å². The minimum atomic E-state index is -0.785. The Bertz CT molecular complexity index is 837. The van der Waals surface area contributed by atoms with Crippen LogP contribution in [0.2, 0.25) is 0 Å². The number of carbonyl (C=O) groups is 2. The molecule has 2 heterocycles. The predicted molar refractivity (Wildman–Crippen MR) is 114 cm³/mol. The summed E-state index contributed by atoms with van der Waals surface area (Å²) < 4.78 is 12.9. The van der Waals surface area contributed by atoms with Gasteiger partial charge in [0.15, 0.2) is 6.61 Å². The molecule has 0 aromatic carbocycles. The molecule has 0 saturated carbocycles. The molecule has 0 aliphatic carbocycles. The summed E-state index contributed by atoms with van der Waals surface area (Å²) in [7, 11) is 0. The molecule has 1 aliphatic rings. The second-order valence-corrected chi connectivity index (χ2v) is 8.46. The van der Waals surface area contributed by atoms with Gasteiger partial charge in [-0.2, -0.15) is 5.26 Å². The third kappa shape index (κ3) is 6.20. The highest BCUT2D eigenvalue weighted by molar-refractivity contribution is 5.99. The maximum Gasteiger partial charge on any atom is 0.349 e. The number of carbonyl (C=O) groups excluding carboxylic acids is 2. The van der Waals surface area contributed by atoms with E-state index in [2.05, 4.69) is 18.4 Å². The SMILES string of the molecule is Cc1cc(/C=C(\C#N)C(=O)OCC(=O)N2C[C@@H](C)O[C@@H](C)C2)c(C)n1CCC(C)C. The zero-order chi connectivity index (χ0) is 22.4. The third-order valence-corrected chi connectivity index (χ3v) is 5.28. The van der Waals surface area contributed by atoms with E-state index in [1.165, 1.54) is 0 Å². The van der Waals surface area contributed by atoms with Gasteiger partial charge in [-0.25, -0.2) is 4.79 Å². The Morgan fingerprint density at radius 1 is 1.30 bits per heavy atom. The van der Waals surface area contributed by atoms with E-state index in [1.54, 1.807) is 11.0 Å². The summed E-state index contributed by atoms with van der Waals surface area (Å²) >= 11 is 0. The highest BCUT2D eigenvalue weighted by Gasteiger charge is 2.26. The van der Waals surface area contributed by atoms with Crippen molar-refractivity contribution in [1.82, 2.24) is 9.47 Å². The maximum absolute atomic E-state index is 12.4. The summed E-state index contributed by atoms with van der Waals surface area (Å²) in [5, 5.41) is 9.45. The van der Waals surface area contributed by atoms with E-state index in [-0.39, 0.29) is 30.3 Å². The molecule has 7 nitrogen and oxygen atoms in total. The van der Waals surface area contributed by atoms with E-state index in [9.17, 15) is 14.9 Å². The maximum atomic E-state index is 12.4. The molecule has 2 atom stereocenters. The lowest BCUT2D eigenvalue weighted by Gasteiger charge is -2.35. The molecule has 7 heteroatoms. The third-order valence-electron chi connectivity index (χ3n) is 5.28. The van der Waals surface area contributed by atoms with Crippen LogP contribution in [0.5, 0.6) is 0 Å². The number of hydrogen-bond acceptors (Lipinski definition) is 5.